The number of rotatable bonds is 2. The Morgan fingerprint density at radius 1 is 1.29 bits per heavy atom. The zero-order chi connectivity index (χ0) is 12.5. The normalized spacial score (nSPS) is 20.3. The summed E-state index contributed by atoms with van der Waals surface area (Å²) in [6.45, 7) is 2.02. The van der Waals surface area contributed by atoms with Crippen LogP contribution in [0.5, 0.6) is 0 Å². The van der Waals surface area contributed by atoms with E-state index >= 15 is 0 Å². The summed E-state index contributed by atoms with van der Waals surface area (Å²) in [6.07, 6.45) is 2.45. The largest absolute Gasteiger partial charge is 0.398 e. The summed E-state index contributed by atoms with van der Waals surface area (Å²) in [5, 5.41) is 0. The van der Waals surface area contributed by atoms with Crippen LogP contribution in [0.4, 0.5) is 5.69 Å². The molecule has 17 heavy (non-hydrogen) atoms. The fraction of sp³-hybridized carbons (Fsp3) is 0.538. The Morgan fingerprint density at radius 3 is 2.53 bits per heavy atom. The van der Waals surface area contributed by atoms with E-state index in [1.54, 1.807) is 0 Å². The smallest absolute Gasteiger partial charge is 0.150 e. The van der Waals surface area contributed by atoms with E-state index in [1.807, 2.05) is 13.0 Å². The quantitative estimate of drug-likeness (QED) is 0.819. The van der Waals surface area contributed by atoms with Gasteiger partial charge >= 0.3 is 0 Å². The Bertz CT molecular complexity index is 494. The molecule has 1 aromatic carbocycles. The van der Waals surface area contributed by atoms with Gasteiger partial charge in [-0.2, -0.15) is 0 Å². The monoisotopic (exact) mass is 253 g/mol. The summed E-state index contributed by atoms with van der Waals surface area (Å²) >= 11 is 0. The molecule has 0 saturated carbocycles. The van der Waals surface area contributed by atoms with Crippen molar-refractivity contribution in [3.05, 3.63) is 29.3 Å². The van der Waals surface area contributed by atoms with Gasteiger partial charge in [-0.05, 0) is 49.3 Å². The first-order valence-corrected chi connectivity index (χ1v) is 7.84. The molecular formula is C13H19NO2S. The lowest BCUT2D eigenvalue weighted by atomic mass is 9.93. The molecule has 0 unspecified atom stereocenters. The highest BCUT2D eigenvalue weighted by Gasteiger charge is 2.23. The van der Waals surface area contributed by atoms with Crippen molar-refractivity contribution in [3.63, 3.8) is 0 Å². The zero-order valence-corrected chi connectivity index (χ0v) is 11.0. The van der Waals surface area contributed by atoms with Crippen molar-refractivity contribution in [2.45, 2.75) is 26.2 Å². The van der Waals surface area contributed by atoms with E-state index in [4.69, 9.17) is 5.73 Å². The van der Waals surface area contributed by atoms with Crippen molar-refractivity contribution in [2.24, 2.45) is 5.92 Å². The molecule has 1 aliphatic rings. The van der Waals surface area contributed by atoms with Crippen molar-refractivity contribution < 1.29 is 8.42 Å². The van der Waals surface area contributed by atoms with Crippen molar-refractivity contribution in [1.82, 2.24) is 0 Å². The van der Waals surface area contributed by atoms with Crippen LogP contribution in [-0.4, -0.2) is 19.9 Å². The van der Waals surface area contributed by atoms with E-state index in [0.29, 0.717) is 17.4 Å². The second-order valence-corrected chi connectivity index (χ2v) is 7.31. The van der Waals surface area contributed by atoms with Gasteiger partial charge in [0.2, 0.25) is 0 Å². The molecule has 0 amide bonds. The number of sulfone groups is 1. The molecule has 0 spiro atoms. The van der Waals surface area contributed by atoms with Gasteiger partial charge in [0, 0.05) is 5.69 Å². The fourth-order valence-corrected chi connectivity index (χ4v) is 3.94. The van der Waals surface area contributed by atoms with Gasteiger partial charge in [0.05, 0.1) is 11.5 Å². The van der Waals surface area contributed by atoms with E-state index in [9.17, 15) is 8.42 Å². The predicted molar refractivity (Wildman–Crippen MR) is 70.7 cm³/mol. The fourth-order valence-electron chi connectivity index (χ4n) is 2.35. The number of nitrogens with two attached hydrogens (primary N) is 1. The molecule has 1 aromatic rings. The number of aryl methyl sites for hydroxylation is 1. The highest BCUT2D eigenvalue weighted by molar-refractivity contribution is 7.91. The number of hydrogen-bond donors (Lipinski definition) is 1. The van der Waals surface area contributed by atoms with E-state index in [0.717, 1.165) is 36.1 Å². The second-order valence-electron chi connectivity index (χ2n) is 5.00. The van der Waals surface area contributed by atoms with Gasteiger partial charge in [0.1, 0.15) is 9.84 Å². The standard InChI is InChI=1S/C13H19NO2S/c1-10-2-3-12(13(14)8-10)9-11-4-6-17(15,16)7-5-11/h2-3,8,11H,4-7,9,14H2,1H3. The molecule has 0 atom stereocenters. The zero-order valence-electron chi connectivity index (χ0n) is 10.1. The molecule has 2 N–H and O–H groups in total. The maximum Gasteiger partial charge on any atom is 0.150 e. The molecule has 0 radical (unpaired) electrons. The van der Waals surface area contributed by atoms with Crippen LogP contribution in [0.3, 0.4) is 0 Å². The molecule has 2 rings (SSSR count). The van der Waals surface area contributed by atoms with Crippen LogP contribution in [-0.2, 0) is 16.3 Å². The minimum Gasteiger partial charge on any atom is -0.398 e. The average molecular weight is 253 g/mol. The van der Waals surface area contributed by atoms with Crippen molar-refractivity contribution in [2.75, 3.05) is 17.2 Å². The Balaban J connectivity index is 2.02. The van der Waals surface area contributed by atoms with Gasteiger partial charge in [-0.3, -0.25) is 0 Å². The summed E-state index contributed by atoms with van der Waals surface area (Å²) in [6, 6.07) is 6.11. The Kier molecular flexibility index (Phi) is 3.43. The Morgan fingerprint density at radius 2 is 1.94 bits per heavy atom. The Hall–Kier alpha value is -1.03. The third-order valence-corrected chi connectivity index (χ3v) is 5.20. The molecule has 4 heteroatoms. The SMILES string of the molecule is Cc1ccc(CC2CCS(=O)(=O)CC2)c(N)c1. The lowest BCUT2D eigenvalue weighted by molar-refractivity contribution is 0.463. The number of nitrogen functional groups attached to an aromatic ring is 1. The average Bonchev–Trinajstić information content (AvgIpc) is 2.25. The van der Waals surface area contributed by atoms with Gasteiger partial charge in [0.25, 0.3) is 0 Å². The lowest BCUT2D eigenvalue weighted by Gasteiger charge is -2.22. The summed E-state index contributed by atoms with van der Waals surface area (Å²) in [5.74, 6) is 1.14. The topological polar surface area (TPSA) is 60.2 Å². The van der Waals surface area contributed by atoms with Crippen molar-refractivity contribution >= 4 is 15.5 Å². The summed E-state index contributed by atoms with van der Waals surface area (Å²) < 4.78 is 22.7. The van der Waals surface area contributed by atoms with Gasteiger partial charge in [-0.1, -0.05) is 12.1 Å². The van der Waals surface area contributed by atoms with Crippen LogP contribution >= 0.6 is 0 Å². The summed E-state index contributed by atoms with van der Waals surface area (Å²) in [5.41, 5.74) is 9.12. The van der Waals surface area contributed by atoms with Crippen molar-refractivity contribution in [3.8, 4) is 0 Å². The second kappa shape index (κ2) is 4.69. The van der Waals surface area contributed by atoms with Crippen molar-refractivity contribution in [1.29, 1.82) is 0 Å². The molecule has 0 bridgehead atoms. The highest BCUT2D eigenvalue weighted by Crippen LogP contribution is 2.25. The highest BCUT2D eigenvalue weighted by atomic mass is 32.2. The molecule has 0 aliphatic carbocycles. The molecule has 0 aromatic heterocycles. The van der Waals surface area contributed by atoms with Gasteiger partial charge in [-0.25, -0.2) is 8.42 Å². The summed E-state index contributed by atoms with van der Waals surface area (Å²) in [7, 11) is -2.76. The maximum atomic E-state index is 11.3. The number of anilines is 1. The lowest BCUT2D eigenvalue weighted by Crippen LogP contribution is -2.24. The van der Waals surface area contributed by atoms with E-state index in [-0.39, 0.29) is 0 Å². The first-order valence-electron chi connectivity index (χ1n) is 6.02. The molecule has 1 heterocycles. The Labute approximate surface area is 103 Å². The predicted octanol–water partition coefficient (Wildman–Crippen LogP) is 1.94. The molecule has 1 fully saturated rings. The van der Waals surface area contributed by atoms with E-state index in [2.05, 4.69) is 12.1 Å². The van der Waals surface area contributed by atoms with Gasteiger partial charge in [-0.15, -0.1) is 0 Å². The van der Waals surface area contributed by atoms with Crippen LogP contribution in [0.15, 0.2) is 18.2 Å². The minimum atomic E-state index is -2.76. The first-order chi connectivity index (χ1) is 7.96. The van der Waals surface area contributed by atoms with Crippen LogP contribution in [0, 0.1) is 12.8 Å². The van der Waals surface area contributed by atoms with E-state index < -0.39 is 9.84 Å². The molecule has 1 saturated heterocycles. The third-order valence-electron chi connectivity index (χ3n) is 3.48. The number of benzene rings is 1. The molecular weight excluding hydrogens is 234 g/mol. The minimum absolute atomic E-state index is 0.337. The third kappa shape index (κ3) is 3.22. The van der Waals surface area contributed by atoms with Gasteiger partial charge < -0.3 is 5.73 Å². The first kappa shape index (κ1) is 12.4. The van der Waals surface area contributed by atoms with Crippen LogP contribution in [0.1, 0.15) is 24.0 Å². The molecule has 94 valence electrons. The van der Waals surface area contributed by atoms with Crippen LogP contribution in [0.25, 0.3) is 0 Å². The maximum absolute atomic E-state index is 11.3. The van der Waals surface area contributed by atoms with E-state index in [1.165, 1.54) is 0 Å². The molecule has 3 nitrogen and oxygen atoms in total. The molecule has 1 aliphatic heterocycles. The van der Waals surface area contributed by atoms with Crippen LogP contribution < -0.4 is 5.73 Å². The van der Waals surface area contributed by atoms with Gasteiger partial charge in [0.15, 0.2) is 0 Å². The number of hydrogen-bond acceptors (Lipinski definition) is 3. The van der Waals surface area contributed by atoms with Crippen LogP contribution in [0.2, 0.25) is 0 Å². The summed E-state index contributed by atoms with van der Waals surface area (Å²) in [4.78, 5) is 0.